The van der Waals surface area contributed by atoms with E-state index in [4.69, 9.17) is 11.5 Å². The number of hydrogen-bond donors (Lipinski definition) is 4. The topological polar surface area (TPSA) is 161 Å². The van der Waals surface area contributed by atoms with Gasteiger partial charge in [-0.1, -0.05) is 41.7 Å². The standard InChI is InChI=1S/C21H22N8O2S2/c1-10-12(9-29(28-10)11-7-5-4-6-8-11)13(14-16(22)24-20(32-2)26-18(14)30)15-17(23)25-21(33-3)27-19(15)31/h4-9,13H,1-3H3,(H3,22,24,26,30)(H3,23,25,27,31). The molecule has 12 heteroatoms. The number of nitrogen functional groups attached to an aromatic ring is 2. The summed E-state index contributed by atoms with van der Waals surface area (Å²) in [6.45, 7) is 1.80. The average Bonchev–Trinajstić information content (AvgIpc) is 3.18. The number of hydrogen-bond acceptors (Lipinski definition) is 9. The van der Waals surface area contributed by atoms with Crippen molar-refractivity contribution in [2.45, 2.75) is 23.2 Å². The quantitative estimate of drug-likeness (QED) is 0.238. The maximum absolute atomic E-state index is 13.1. The molecule has 33 heavy (non-hydrogen) atoms. The molecule has 0 aliphatic heterocycles. The first-order chi connectivity index (χ1) is 15.8. The molecule has 0 saturated carbocycles. The highest BCUT2D eigenvalue weighted by Crippen LogP contribution is 2.35. The average molecular weight is 483 g/mol. The van der Waals surface area contributed by atoms with E-state index in [0.29, 0.717) is 21.6 Å². The molecule has 170 valence electrons. The Morgan fingerprint density at radius 2 is 1.42 bits per heavy atom. The minimum absolute atomic E-state index is 0.00713. The molecule has 3 heterocycles. The van der Waals surface area contributed by atoms with E-state index in [1.807, 2.05) is 30.3 Å². The number of nitrogens with two attached hydrogens (primary N) is 2. The SMILES string of the molecule is CSc1nc(N)c(C(c2cn(-c3ccccc3)nc2C)c2c(N)nc(SC)[nH]c2=O)c(=O)[nH]1. The predicted molar refractivity (Wildman–Crippen MR) is 131 cm³/mol. The van der Waals surface area contributed by atoms with Gasteiger partial charge in [0.05, 0.1) is 28.4 Å². The molecule has 0 atom stereocenters. The van der Waals surface area contributed by atoms with E-state index in [-0.39, 0.29) is 22.8 Å². The number of thioether (sulfide) groups is 2. The van der Waals surface area contributed by atoms with Crippen LogP contribution in [-0.4, -0.2) is 42.2 Å². The Morgan fingerprint density at radius 1 is 0.909 bits per heavy atom. The van der Waals surface area contributed by atoms with E-state index in [2.05, 4.69) is 25.0 Å². The molecule has 0 aliphatic rings. The number of nitrogens with zero attached hydrogens (tertiary/aromatic N) is 4. The lowest BCUT2D eigenvalue weighted by Gasteiger charge is -2.19. The molecular weight excluding hydrogens is 460 g/mol. The molecule has 0 bridgehead atoms. The first kappa shape index (κ1) is 22.7. The second-order valence-corrected chi connectivity index (χ2v) is 8.72. The zero-order valence-electron chi connectivity index (χ0n) is 18.1. The van der Waals surface area contributed by atoms with Crippen LogP contribution in [-0.2, 0) is 0 Å². The van der Waals surface area contributed by atoms with Gasteiger partial charge in [0.25, 0.3) is 11.1 Å². The molecule has 1 aromatic carbocycles. The zero-order chi connectivity index (χ0) is 23.7. The zero-order valence-corrected chi connectivity index (χ0v) is 19.8. The molecule has 0 radical (unpaired) electrons. The van der Waals surface area contributed by atoms with Gasteiger partial charge in [-0.15, -0.1) is 0 Å². The first-order valence-corrected chi connectivity index (χ1v) is 12.3. The minimum atomic E-state index is -0.929. The summed E-state index contributed by atoms with van der Waals surface area (Å²) in [7, 11) is 0. The third-order valence-corrected chi connectivity index (χ3v) is 6.32. The number of anilines is 2. The van der Waals surface area contributed by atoms with Crippen LogP contribution in [0, 0.1) is 6.92 Å². The van der Waals surface area contributed by atoms with Gasteiger partial charge >= 0.3 is 0 Å². The number of aryl methyl sites for hydroxylation is 1. The summed E-state index contributed by atoms with van der Waals surface area (Å²) < 4.78 is 1.68. The fraction of sp³-hybridized carbons (Fsp3) is 0.190. The van der Waals surface area contributed by atoms with Crippen molar-refractivity contribution in [1.29, 1.82) is 0 Å². The number of aromatic amines is 2. The summed E-state index contributed by atoms with van der Waals surface area (Å²) in [4.78, 5) is 40.3. The third kappa shape index (κ3) is 4.26. The van der Waals surface area contributed by atoms with Crippen LogP contribution in [0.2, 0.25) is 0 Å². The van der Waals surface area contributed by atoms with Crippen molar-refractivity contribution in [3.05, 3.63) is 79.6 Å². The Morgan fingerprint density at radius 3 is 1.88 bits per heavy atom. The Bertz CT molecular complexity index is 1360. The highest BCUT2D eigenvalue weighted by molar-refractivity contribution is 7.98. The van der Waals surface area contributed by atoms with Crippen LogP contribution in [0.1, 0.15) is 28.3 Å². The van der Waals surface area contributed by atoms with Crippen LogP contribution < -0.4 is 22.6 Å². The predicted octanol–water partition coefficient (Wildman–Crippen LogP) is 2.14. The van der Waals surface area contributed by atoms with Crippen LogP contribution in [0.15, 0.2) is 56.4 Å². The second kappa shape index (κ2) is 9.16. The van der Waals surface area contributed by atoms with Crippen LogP contribution >= 0.6 is 23.5 Å². The van der Waals surface area contributed by atoms with E-state index in [9.17, 15) is 9.59 Å². The molecule has 10 nitrogen and oxygen atoms in total. The van der Waals surface area contributed by atoms with Gasteiger partial charge in [-0.05, 0) is 31.6 Å². The molecule has 0 spiro atoms. The van der Waals surface area contributed by atoms with Gasteiger partial charge in [0.2, 0.25) is 0 Å². The molecule has 0 fully saturated rings. The molecule has 0 saturated heterocycles. The molecule has 4 aromatic rings. The summed E-state index contributed by atoms with van der Waals surface area (Å²) in [6, 6.07) is 9.49. The van der Waals surface area contributed by atoms with Crippen LogP contribution in [0.3, 0.4) is 0 Å². The number of para-hydroxylation sites is 1. The summed E-state index contributed by atoms with van der Waals surface area (Å²) in [6.07, 6.45) is 5.31. The van der Waals surface area contributed by atoms with Gasteiger partial charge in [-0.2, -0.15) is 5.10 Å². The largest absolute Gasteiger partial charge is 0.383 e. The lowest BCUT2D eigenvalue weighted by atomic mass is 9.86. The molecular formula is C21H22N8O2S2. The molecule has 4 rings (SSSR count). The van der Waals surface area contributed by atoms with E-state index >= 15 is 0 Å². The third-order valence-electron chi connectivity index (χ3n) is 5.16. The Labute approximate surface area is 197 Å². The fourth-order valence-electron chi connectivity index (χ4n) is 3.63. The lowest BCUT2D eigenvalue weighted by Crippen LogP contribution is -2.28. The van der Waals surface area contributed by atoms with Crippen LogP contribution in [0.4, 0.5) is 11.6 Å². The maximum Gasteiger partial charge on any atom is 0.257 e. The number of rotatable bonds is 6. The van der Waals surface area contributed by atoms with Crippen molar-refractivity contribution in [3.8, 4) is 5.69 Å². The lowest BCUT2D eigenvalue weighted by molar-refractivity contribution is 0.827. The summed E-state index contributed by atoms with van der Waals surface area (Å²) in [5.74, 6) is -0.915. The Hall–Kier alpha value is -3.51. The Kier molecular flexibility index (Phi) is 6.29. The van der Waals surface area contributed by atoms with Gasteiger partial charge in [0.1, 0.15) is 11.6 Å². The van der Waals surface area contributed by atoms with E-state index in [1.54, 1.807) is 30.3 Å². The summed E-state index contributed by atoms with van der Waals surface area (Å²) in [5.41, 5.74) is 13.8. The summed E-state index contributed by atoms with van der Waals surface area (Å²) >= 11 is 2.51. The van der Waals surface area contributed by atoms with Gasteiger partial charge in [-0.25, -0.2) is 14.6 Å². The number of benzene rings is 1. The van der Waals surface area contributed by atoms with Gasteiger partial charge in [0.15, 0.2) is 10.3 Å². The van der Waals surface area contributed by atoms with Crippen LogP contribution in [0.25, 0.3) is 5.69 Å². The number of H-pyrrole nitrogens is 2. The number of aromatic nitrogens is 6. The van der Waals surface area contributed by atoms with E-state index in [0.717, 1.165) is 5.69 Å². The van der Waals surface area contributed by atoms with E-state index < -0.39 is 17.0 Å². The molecule has 3 aromatic heterocycles. The van der Waals surface area contributed by atoms with E-state index in [1.165, 1.54) is 23.5 Å². The minimum Gasteiger partial charge on any atom is -0.383 e. The second-order valence-electron chi connectivity index (χ2n) is 7.13. The van der Waals surface area contributed by atoms with Gasteiger partial charge in [-0.3, -0.25) is 9.59 Å². The van der Waals surface area contributed by atoms with Gasteiger partial charge in [0, 0.05) is 11.8 Å². The normalized spacial score (nSPS) is 11.3. The van der Waals surface area contributed by atoms with Crippen molar-refractivity contribution >= 4 is 35.2 Å². The highest BCUT2D eigenvalue weighted by atomic mass is 32.2. The van der Waals surface area contributed by atoms with Crippen LogP contribution in [0.5, 0.6) is 0 Å². The van der Waals surface area contributed by atoms with Crippen molar-refractivity contribution in [3.63, 3.8) is 0 Å². The van der Waals surface area contributed by atoms with Crippen molar-refractivity contribution in [1.82, 2.24) is 29.7 Å². The smallest absolute Gasteiger partial charge is 0.257 e. The monoisotopic (exact) mass is 482 g/mol. The fourth-order valence-corrected chi connectivity index (χ4v) is 4.40. The highest BCUT2D eigenvalue weighted by Gasteiger charge is 2.32. The van der Waals surface area contributed by atoms with Crippen molar-refractivity contribution in [2.24, 2.45) is 0 Å². The maximum atomic E-state index is 13.1. The Balaban J connectivity index is 2.02. The molecule has 0 amide bonds. The number of nitrogens with one attached hydrogen (secondary N) is 2. The summed E-state index contributed by atoms with van der Waals surface area (Å²) in [5, 5.41) is 5.34. The molecule has 0 unspecified atom stereocenters. The van der Waals surface area contributed by atoms with Crippen molar-refractivity contribution in [2.75, 3.05) is 24.0 Å². The molecule has 0 aliphatic carbocycles. The molecule has 6 N–H and O–H groups in total. The van der Waals surface area contributed by atoms with Gasteiger partial charge < -0.3 is 21.4 Å². The first-order valence-electron chi connectivity index (χ1n) is 9.83. The van der Waals surface area contributed by atoms with Crippen molar-refractivity contribution < 1.29 is 0 Å².